The molecular weight excluding hydrogens is 1380 g/mol. The van der Waals surface area contributed by atoms with Crippen LogP contribution in [0.4, 0.5) is 17.2 Å². The highest BCUT2D eigenvalue weighted by Crippen LogP contribution is 2.46. The number of aromatic nitrogens is 20. The zero-order valence-corrected chi connectivity index (χ0v) is 63.1. The average molecular weight is 1460 g/mol. The van der Waals surface area contributed by atoms with E-state index >= 15 is 0 Å². The molecule has 20 rings (SSSR count). The molecule has 0 N–H and O–H groups in total. The molecule has 111 heavy (non-hydrogen) atoms. The van der Waals surface area contributed by atoms with Crippen LogP contribution < -0.4 is 14.4 Å². The topological polar surface area (TPSA) is 264 Å². The SMILES string of the molecule is CC(C)(C)c1cccc2c3cccc(C(C)(C)C)c3n(-c3cnc4c5nccnc5c5nccnc5c4n3)c12.CC(C)c1ccccc1N(c1cnc2c3nccnc3c3nccnc3c2n1)c1ccccc1C(C)C.COc1cccc2c3cccc(OC)c3n(-c3cnc4c5nccnc5c5nccnc5c4n3)c12. The molecule has 0 atom stereocenters. The van der Waals surface area contributed by atoms with Crippen LogP contribution in [-0.2, 0) is 10.8 Å². The van der Waals surface area contributed by atoms with Crippen molar-refractivity contribution in [1.82, 2.24) is 98.8 Å². The number of rotatable bonds is 9. The van der Waals surface area contributed by atoms with Gasteiger partial charge in [-0.3, -0.25) is 73.8 Å². The van der Waals surface area contributed by atoms with Crippen molar-refractivity contribution in [3.8, 4) is 23.1 Å². The molecule has 11 aromatic heterocycles. The number of hydrogen-bond donors (Lipinski definition) is 0. The second kappa shape index (κ2) is 27.1. The van der Waals surface area contributed by atoms with E-state index < -0.39 is 0 Å². The molecule has 0 amide bonds. The van der Waals surface area contributed by atoms with Gasteiger partial charge in [0.05, 0.1) is 66.3 Å². The number of benzene rings is 9. The van der Waals surface area contributed by atoms with Gasteiger partial charge >= 0.3 is 0 Å². The Kier molecular flexibility index (Phi) is 16.8. The van der Waals surface area contributed by atoms with Crippen LogP contribution in [0.1, 0.15) is 103 Å². The summed E-state index contributed by atoms with van der Waals surface area (Å²) < 4.78 is 15.8. The van der Waals surface area contributed by atoms with Crippen molar-refractivity contribution in [2.24, 2.45) is 0 Å². The average Bonchev–Trinajstić information content (AvgIpc) is 0.867. The van der Waals surface area contributed by atoms with Crippen molar-refractivity contribution in [2.45, 2.75) is 91.9 Å². The highest BCUT2D eigenvalue weighted by atomic mass is 16.5. The predicted molar refractivity (Wildman–Crippen MR) is 439 cm³/mol. The van der Waals surface area contributed by atoms with Gasteiger partial charge in [0.25, 0.3) is 0 Å². The van der Waals surface area contributed by atoms with Crippen LogP contribution >= 0.6 is 0 Å². The molecule has 0 saturated heterocycles. The van der Waals surface area contributed by atoms with Gasteiger partial charge in [-0.1, -0.05) is 166 Å². The minimum atomic E-state index is -0.0816. The first-order valence-corrected chi connectivity index (χ1v) is 36.7. The number of anilines is 3. The van der Waals surface area contributed by atoms with E-state index in [-0.39, 0.29) is 10.8 Å². The third kappa shape index (κ3) is 11.4. The summed E-state index contributed by atoms with van der Waals surface area (Å²) >= 11 is 0. The molecule has 0 aliphatic rings. The molecule has 0 spiro atoms. The minimum absolute atomic E-state index is 0.0816. The predicted octanol–water partition coefficient (Wildman–Crippen LogP) is 19.1. The summed E-state index contributed by atoms with van der Waals surface area (Å²) in [6.45, 7) is 22.4. The van der Waals surface area contributed by atoms with Gasteiger partial charge in [-0.15, -0.1) is 0 Å². The Morgan fingerprint density at radius 1 is 0.288 bits per heavy atom. The fourth-order valence-corrected chi connectivity index (χ4v) is 15.5. The lowest BCUT2D eigenvalue weighted by Crippen LogP contribution is -2.16. The van der Waals surface area contributed by atoms with E-state index in [9.17, 15) is 0 Å². The monoisotopic (exact) mass is 1460 g/mol. The summed E-state index contributed by atoms with van der Waals surface area (Å²) in [5.41, 5.74) is 22.8. The summed E-state index contributed by atoms with van der Waals surface area (Å²) in [5.74, 6) is 4.14. The second-order valence-electron chi connectivity index (χ2n) is 29.8. The fourth-order valence-electron chi connectivity index (χ4n) is 15.5. The summed E-state index contributed by atoms with van der Waals surface area (Å²) in [6, 6.07) is 42.2. The first-order valence-electron chi connectivity index (χ1n) is 36.7. The van der Waals surface area contributed by atoms with E-state index in [1.54, 1.807) is 94.8 Å². The number of ether oxygens (including phenoxy) is 2. The number of methoxy groups -OCH3 is 2. The Morgan fingerprint density at radius 2 is 0.559 bits per heavy atom. The number of nitrogens with zero attached hydrogens (tertiary/aromatic N) is 21. The molecule has 23 heteroatoms. The maximum absolute atomic E-state index is 5.76. The van der Waals surface area contributed by atoms with Crippen LogP contribution in [0.2, 0.25) is 0 Å². The van der Waals surface area contributed by atoms with Gasteiger partial charge in [0.1, 0.15) is 111 Å². The van der Waals surface area contributed by atoms with Crippen LogP contribution in [0.15, 0.2) is 214 Å². The van der Waals surface area contributed by atoms with Crippen molar-refractivity contribution >= 4 is 160 Å². The van der Waals surface area contributed by atoms with E-state index in [1.165, 1.54) is 33.0 Å². The van der Waals surface area contributed by atoms with Crippen molar-refractivity contribution in [2.75, 3.05) is 19.1 Å². The highest BCUT2D eigenvalue weighted by Gasteiger charge is 2.30. The molecule has 0 fully saturated rings. The molecular formula is C88H73N21O2. The first kappa shape index (κ1) is 68.8. The zero-order valence-electron chi connectivity index (χ0n) is 63.1. The number of fused-ring (bicyclic) bond motifs is 24. The quantitative estimate of drug-likeness (QED) is 0.122. The van der Waals surface area contributed by atoms with E-state index in [0.717, 1.165) is 61.5 Å². The second-order valence-corrected chi connectivity index (χ2v) is 29.8. The molecule has 0 unspecified atom stereocenters. The van der Waals surface area contributed by atoms with E-state index in [0.29, 0.717) is 123 Å². The van der Waals surface area contributed by atoms with Crippen LogP contribution in [-0.4, -0.2) is 113 Å². The zero-order chi connectivity index (χ0) is 76.1. The third-order valence-electron chi connectivity index (χ3n) is 20.4. The fraction of sp³-hybridized carbons (Fsp3) is 0.182. The molecule has 542 valence electrons. The molecule has 23 nitrogen and oxygen atoms in total. The standard InChI is InChI=1S/C32H29N7.C30H27N7.C26H17N7O2/c1-31(2,3)20-11-7-9-18-19-10-8-12-21(32(4,5)6)30(19)39(29(18)20)22-17-37-27-25-23(33-13-14-35-25)24-26(28(27)38-22)36-16-15-34-24;1-18(2)20-9-5-7-11-22(20)37(23-12-8-6-10-21(23)19(3)4)24-17-35-29-27-25(31-13-14-33-27)26-28(30(29)36-24)34-16-15-32-26;1-34-16-7-3-5-14-15-6-4-8-17(35-2)26(15)33(25(14)16)18-13-31-23-21-19(27-9-10-29-21)20-22(24(23)32-18)30-12-11-28-20/h7-17H,1-6H3;5-19H,1-4H3;3-13H,1-2H3. The lowest BCUT2D eigenvalue weighted by molar-refractivity contribution is 0.416. The van der Waals surface area contributed by atoms with Crippen molar-refractivity contribution in [1.29, 1.82) is 0 Å². The van der Waals surface area contributed by atoms with Gasteiger partial charge in [-0.25, -0.2) is 29.9 Å². The Balaban J connectivity index is 0.000000117. The highest BCUT2D eigenvalue weighted by molar-refractivity contribution is 6.21. The van der Waals surface area contributed by atoms with Crippen molar-refractivity contribution in [3.05, 3.63) is 237 Å². The number of hydrogen-bond acceptors (Lipinski definition) is 21. The minimum Gasteiger partial charge on any atom is -0.495 e. The molecule has 11 heterocycles. The molecule has 0 aliphatic heterocycles. The maximum Gasteiger partial charge on any atom is 0.157 e. The van der Waals surface area contributed by atoms with Crippen LogP contribution in [0, 0.1) is 0 Å². The van der Waals surface area contributed by atoms with Crippen molar-refractivity contribution < 1.29 is 9.47 Å². The summed E-state index contributed by atoms with van der Waals surface area (Å²) in [6.07, 6.45) is 25.4. The Bertz CT molecular complexity index is 6860. The largest absolute Gasteiger partial charge is 0.495 e. The maximum atomic E-state index is 5.76. The Morgan fingerprint density at radius 3 is 0.874 bits per heavy atom. The van der Waals surface area contributed by atoms with Crippen molar-refractivity contribution in [3.63, 3.8) is 0 Å². The Labute approximate surface area is 635 Å². The smallest absolute Gasteiger partial charge is 0.157 e. The molecule has 0 bridgehead atoms. The first-order chi connectivity index (χ1) is 54.0. The lowest BCUT2D eigenvalue weighted by Gasteiger charge is -2.30. The lowest BCUT2D eigenvalue weighted by atomic mass is 9.85. The van der Waals surface area contributed by atoms with Gasteiger partial charge in [-0.2, -0.15) is 0 Å². The number of para-hydroxylation sites is 6. The van der Waals surface area contributed by atoms with Crippen LogP contribution in [0.3, 0.4) is 0 Å². The summed E-state index contributed by atoms with van der Waals surface area (Å²) in [5, 5.41) is 4.46. The van der Waals surface area contributed by atoms with Gasteiger partial charge in [0, 0.05) is 95.9 Å². The van der Waals surface area contributed by atoms with Gasteiger partial charge in [-0.05, 0) is 69.2 Å². The summed E-state index contributed by atoms with van der Waals surface area (Å²) in [4.78, 5) is 87.3. The normalized spacial score (nSPS) is 12.1. The Hall–Kier alpha value is -14.0. The summed E-state index contributed by atoms with van der Waals surface area (Å²) in [7, 11) is 3.32. The van der Waals surface area contributed by atoms with E-state index in [1.807, 2.05) is 41.2 Å². The van der Waals surface area contributed by atoms with E-state index in [2.05, 4.69) is 236 Å². The molecule has 0 aliphatic carbocycles. The van der Waals surface area contributed by atoms with Crippen LogP contribution in [0.25, 0.3) is 155 Å². The third-order valence-corrected chi connectivity index (χ3v) is 20.4. The van der Waals surface area contributed by atoms with Gasteiger partial charge in [0.2, 0.25) is 0 Å². The molecule has 9 aromatic carbocycles. The van der Waals surface area contributed by atoms with E-state index in [4.69, 9.17) is 39.4 Å². The van der Waals surface area contributed by atoms with Gasteiger partial charge < -0.3 is 9.47 Å². The molecule has 0 radical (unpaired) electrons. The molecule has 0 saturated carbocycles. The van der Waals surface area contributed by atoms with Crippen LogP contribution in [0.5, 0.6) is 11.5 Å². The van der Waals surface area contributed by atoms with Gasteiger partial charge in [0.15, 0.2) is 17.5 Å². The molecule has 20 aromatic rings.